The Morgan fingerprint density at radius 3 is 2.26 bits per heavy atom. The van der Waals surface area contributed by atoms with Crippen molar-refractivity contribution in [1.29, 1.82) is 0 Å². The van der Waals surface area contributed by atoms with Crippen molar-refractivity contribution in [3.8, 4) is 5.75 Å². The number of hydrogen-bond acceptors (Lipinski definition) is 4. The monoisotopic (exact) mass is 390 g/mol. The number of benzene rings is 2. The molecule has 0 radical (unpaired) electrons. The summed E-state index contributed by atoms with van der Waals surface area (Å²) in [4.78, 5) is 0.336. The summed E-state index contributed by atoms with van der Waals surface area (Å²) in [5.74, 6) is 0.862. The molecule has 0 unspecified atom stereocenters. The molecule has 1 N–H and O–H groups in total. The predicted octanol–water partition coefficient (Wildman–Crippen LogP) is 3.88. The summed E-state index contributed by atoms with van der Waals surface area (Å²) < 4.78 is 32.1. The van der Waals surface area contributed by atoms with E-state index in [2.05, 4.69) is 25.2 Å². The average molecular weight is 391 g/mol. The van der Waals surface area contributed by atoms with Crippen molar-refractivity contribution in [2.45, 2.75) is 45.2 Å². The van der Waals surface area contributed by atoms with E-state index in [1.54, 1.807) is 19.2 Å². The van der Waals surface area contributed by atoms with Gasteiger partial charge in [-0.1, -0.05) is 43.7 Å². The predicted molar refractivity (Wildman–Crippen MR) is 110 cm³/mol. The van der Waals surface area contributed by atoms with Crippen molar-refractivity contribution in [2.75, 3.05) is 20.2 Å². The van der Waals surface area contributed by atoms with E-state index in [0.717, 1.165) is 16.9 Å². The molecule has 2 aromatic carbocycles. The lowest BCUT2D eigenvalue weighted by atomic mass is 10.1. The fourth-order valence-electron chi connectivity index (χ4n) is 3.07. The van der Waals surface area contributed by atoms with Gasteiger partial charge in [0.2, 0.25) is 10.0 Å². The van der Waals surface area contributed by atoms with Crippen molar-refractivity contribution >= 4 is 10.0 Å². The van der Waals surface area contributed by atoms with Gasteiger partial charge in [0.15, 0.2) is 0 Å². The highest BCUT2D eigenvalue weighted by Gasteiger charge is 2.21. The van der Waals surface area contributed by atoms with Crippen LogP contribution in [0.1, 0.15) is 43.5 Å². The molecule has 148 valence electrons. The molecule has 1 atom stereocenters. The van der Waals surface area contributed by atoms with E-state index in [1.165, 1.54) is 9.87 Å². The fraction of sp³-hybridized carbons (Fsp3) is 0.429. The van der Waals surface area contributed by atoms with Crippen molar-refractivity contribution in [1.82, 2.24) is 9.62 Å². The normalized spacial score (nSPS) is 13.0. The minimum atomic E-state index is -3.42. The molecule has 2 aromatic rings. The highest BCUT2D eigenvalue weighted by Crippen LogP contribution is 2.22. The number of aryl methyl sites for hydroxylation is 1. The van der Waals surface area contributed by atoms with Crippen molar-refractivity contribution in [3.05, 3.63) is 59.2 Å². The molecule has 0 spiro atoms. The van der Waals surface area contributed by atoms with E-state index < -0.39 is 10.0 Å². The Bertz CT molecular complexity index is 844. The topological polar surface area (TPSA) is 58.6 Å². The maximum absolute atomic E-state index is 12.6. The SMILES string of the molecule is CCN(CC)S(=O)(=O)c1ccc([C@@H](C)NCc2cc(C)ccc2OC)cc1. The second kappa shape index (κ2) is 9.35. The van der Waals surface area contributed by atoms with Gasteiger partial charge < -0.3 is 10.1 Å². The van der Waals surface area contributed by atoms with Gasteiger partial charge in [0.1, 0.15) is 5.75 Å². The molecule has 0 saturated carbocycles. The lowest BCUT2D eigenvalue weighted by Crippen LogP contribution is -2.30. The van der Waals surface area contributed by atoms with Crippen LogP contribution in [0.25, 0.3) is 0 Å². The van der Waals surface area contributed by atoms with Gasteiger partial charge in [-0.2, -0.15) is 4.31 Å². The van der Waals surface area contributed by atoms with Crippen LogP contribution in [0.3, 0.4) is 0 Å². The van der Waals surface area contributed by atoms with Gasteiger partial charge in [-0.25, -0.2) is 8.42 Å². The van der Waals surface area contributed by atoms with E-state index in [-0.39, 0.29) is 6.04 Å². The van der Waals surface area contributed by atoms with Crippen LogP contribution in [0.15, 0.2) is 47.4 Å². The number of nitrogens with one attached hydrogen (secondary N) is 1. The molecule has 0 amide bonds. The minimum Gasteiger partial charge on any atom is -0.496 e. The molecule has 0 aliphatic carbocycles. The van der Waals surface area contributed by atoms with Gasteiger partial charge >= 0.3 is 0 Å². The summed E-state index contributed by atoms with van der Waals surface area (Å²) in [6.45, 7) is 9.43. The summed E-state index contributed by atoms with van der Waals surface area (Å²) in [6, 6.07) is 13.3. The molecule has 6 heteroatoms. The lowest BCUT2D eigenvalue weighted by molar-refractivity contribution is 0.406. The molecule has 0 saturated heterocycles. The van der Waals surface area contributed by atoms with E-state index >= 15 is 0 Å². The van der Waals surface area contributed by atoms with Gasteiger partial charge in [-0.05, 0) is 37.6 Å². The van der Waals surface area contributed by atoms with E-state index in [1.807, 2.05) is 38.1 Å². The molecule has 0 fully saturated rings. The highest BCUT2D eigenvalue weighted by molar-refractivity contribution is 7.89. The van der Waals surface area contributed by atoms with Crippen LogP contribution in [0.5, 0.6) is 5.75 Å². The van der Waals surface area contributed by atoms with Crippen LogP contribution in [0.2, 0.25) is 0 Å². The zero-order valence-electron chi connectivity index (χ0n) is 16.8. The van der Waals surface area contributed by atoms with Gasteiger partial charge in [0, 0.05) is 31.2 Å². The second-order valence-corrected chi connectivity index (χ2v) is 8.51. The third kappa shape index (κ3) is 5.09. The zero-order valence-corrected chi connectivity index (χ0v) is 17.6. The fourth-order valence-corrected chi connectivity index (χ4v) is 4.53. The van der Waals surface area contributed by atoms with Gasteiger partial charge in [0.05, 0.1) is 12.0 Å². The third-order valence-electron chi connectivity index (χ3n) is 4.76. The number of sulfonamides is 1. The Balaban J connectivity index is 2.10. The first-order valence-electron chi connectivity index (χ1n) is 9.30. The van der Waals surface area contributed by atoms with Gasteiger partial charge in [-0.15, -0.1) is 0 Å². The average Bonchev–Trinajstić information content (AvgIpc) is 2.67. The maximum atomic E-state index is 12.6. The van der Waals surface area contributed by atoms with E-state index in [4.69, 9.17) is 4.74 Å². The Hall–Kier alpha value is -1.89. The van der Waals surface area contributed by atoms with Crippen LogP contribution in [-0.2, 0) is 16.6 Å². The Morgan fingerprint density at radius 1 is 1.07 bits per heavy atom. The Kier molecular flexibility index (Phi) is 7.41. The second-order valence-electron chi connectivity index (χ2n) is 6.58. The summed E-state index contributed by atoms with van der Waals surface area (Å²) in [5.41, 5.74) is 3.33. The number of rotatable bonds is 9. The Labute approximate surface area is 163 Å². The molecule has 2 rings (SSSR count). The molecule has 0 aliphatic heterocycles. The summed E-state index contributed by atoms with van der Waals surface area (Å²) in [6.07, 6.45) is 0. The molecule has 27 heavy (non-hydrogen) atoms. The summed E-state index contributed by atoms with van der Waals surface area (Å²) in [7, 11) is -1.74. The molecule has 5 nitrogen and oxygen atoms in total. The van der Waals surface area contributed by atoms with Crippen LogP contribution in [0, 0.1) is 6.92 Å². The van der Waals surface area contributed by atoms with Crippen LogP contribution in [-0.4, -0.2) is 32.9 Å². The molecular weight excluding hydrogens is 360 g/mol. The van der Waals surface area contributed by atoms with Crippen LogP contribution >= 0.6 is 0 Å². The highest BCUT2D eigenvalue weighted by atomic mass is 32.2. The number of methoxy groups -OCH3 is 1. The third-order valence-corrected chi connectivity index (χ3v) is 6.82. The van der Waals surface area contributed by atoms with Crippen molar-refractivity contribution in [2.24, 2.45) is 0 Å². The maximum Gasteiger partial charge on any atom is 0.243 e. The van der Waals surface area contributed by atoms with Crippen LogP contribution < -0.4 is 10.1 Å². The van der Waals surface area contributed by atoms with Crippen molar-refractivity contribution < 1.29 is 13.2 Å². The molecular formula is C21H30N2O3S. The molecule has 0 heterocycles. The quantitative estimate of drug-likeness (QED) is 0.706. The zero-order chi connectivity index (χ0) is 20.0. The standard InChI is InChI=1S/C21H30N2O3S/c1-6-23(7-2)27(24,25)20-11-9-18(10-12-20)17(4)22-15-19-14-16(3)8-13-21(19)26-5/h8-14,17,22H,6-7,15H2,1-5H3/t17-/m1/s1. The first-order chi connectivity index (χ1) is 12.8. The molecule has 0 aromatic heterocycles. The van der Waals surface area contributed by atoms with Crippen LogP contribution in [0.4, 0.5) is 0 Å². The first kappa shape index (κ1) is 21.4. The van der Waals surface area contributed by atoms with E-state index in [0.29, 0.717) is 24.5 Å². The van der Waals surface area contributed by atoms with E-state index in [9.17, 15) is 8.42 Å². The minimum absolute atomic E-state index is 0.0837. The largest absolute Gasteiger partial charge is 0.496 e. The number of nitrogens with zero attached hydrogens (tertiary/aromatic N) is 1. The number of ether oxygens (including phenoxy) is 1. The summed E-state index contributed by atoms with van der Waals surface area (Å²) in [5, 5.41) is 3.48. The Morgan fingerprint density at radius 2 is 1.70 bits per heavy atom. The van der Waals surface area contributed by atoms with Gasteiger partial charge in [0.25, 0.3) is 0 Å². The van der Waals surface area contributed by atoms with Crippen molar-refractivity contribution in [3.63, 3.8) is 0 Å². The molecule has 0 aliphatic rings. The smallest absolute Gasteiger partial charge is 0.243 e. The van der Waals surface area contributed by atoms with Gasteiger partial charge in [-0.3, -0.25) is 0 Å². The lowest BCUT2D eigenvalue weighted by Gasteiger charge is -2.20. The first-order valence-corrected chi connectivity index (χ1v) is 10.7. The molecule has 0 bridgehead atoms. The summed E-state index contributed by atoms with van der Waals surface area (Å²) >= 11 is 0. The number of hydrogen-bond donors (Lipinski definition) is 1.